The number of anilines is 2. The van der Waals surface area contributed by atoms with Gasteiger partial charge in [0.25, 0.3) is 0 Å². The Bertz CT molecular complexity index is 1210. The van der Waals surface area contributed by atoms with Crippen LogP contribution in [0.4, 0.5) is 11.4 Å². The molecule has 2 aliphatic heterocycles. The quantitative estimate of drug-likeness (QED) is 0.576. The molecule has 1 atom stereocenters. The van der Waals surface area contributed by atoms with Gasteiger partial charge in [-0.05, 0) is 42.3 Å². The normalized spacial score (nSPS) is 20.1. The smallest absolute Gasteiger partial charge is 0.245 e. The molecule has 154 valence electrons. The van der Waals surface area contributed by atoms with Crippen molar-refractivity contribution in [2.45, 2.75) is 17.7 Å². The Balaban J connectivity index is 1.68. The molecule has 5 nitrogen and oxygen atoms in total. The summed E-state index contributed by atoms with van der Waals surface area (Å²) in [7, 11) is 1.58. The molecule has 2 aliphatic rings. The zero-order valence-electron chi connectivity index (χ0n) is 17.2. The number of hydrogen-bond acceptors (Lipinski definition) is 5. The van der Waals surface area contributed by atoms with Crippen LogP contribution in [-0.2, 0) is 4.79 Å². The number of benzene rings is 3. The Morgan fingerprint density at radius 2 is 1.77 bits per heavy atom. The maximum Gasteiger partial charge on any atom is 0.245 e. The van der Waals surface area contributed by atoms with Crippen molar-refractivity contribution in [3.05, 3.63) is 94.5 Å². The van der Waals surface area contributed by atoms with E-state index in [1.54, 1.807) is 18.9 Å². The molecular formula is C25H21N3O2S. The molecule has 0 radical (unpaired) electrons. The predicted molar refractivity (Wildman–Crippen MR) is 125 cm³/mol. The number of carbonyl (C=O) groups excluding carboxylic acids is 1. The third-order valence-corrected chi connectivity index (χ3v) is 6.64. The number of amidine groups is 1. The van der Waals surface area contributed by atoms with E-state index in [9.17, 15) is 4.79 Å². The minimum Gasteiger partial charge on any atom is -0.495 e. The van der Waals surface area contributed by atoms with E-state index in [0.717, 1.165) is 26.7 Å². The fourth-order valence-corrected chi connectivity index (χ4v) is 5.15. The molecule has 2 heterocycles. The first-order valence-corrected chi connectivity index (χ1v) is 10.8. The first-order valence-electron chi connectivity index (χ1n) is 9.99. The zero-order chi connectivity index (χ0) is 21.5. The third-order valence-electron chi connectivity index (χ3n) is 5.53. The van der Waals surface area contributed by atoms with E-state index in [2.05, 4.69) is 5.32 Å². The van der Waals surface area contributed by atoms with E-state index < -0.39 is 5.92 Å². The Labute approximate surface area is 185 Å². The molecule has 1 amide bonds. The van der Waals surface area contributed by atoms with Crippen LogP contribution >= 0.6 is 11.8 Å². The molecule has 0 unspecified atom stereocenters. The van der Waals surface area contributed by atoms with Crippen molar-refractivity contribution in [3.8, 4) is 5.75 Å². The van der Waals surface area contributed by atoms with Gasteiger partial charge in [-0.2, -0.15) is 0 Å². The summed E-state index contributed by atoms with van der Waals surface area (Å²) in [5, 5.41) is 13.3. The van der Waals surface area contributed by atoms with Crippen LogP contribution in [0.1, 0.15) is 17.0 Å². The lowest BCUT2D eigenvalue weighted by Crippen LogP contribution is -2.30. The number of hydrogen-bond donors (Lipinski definition) is 2. The second kappa shape index (κ2) is 7.63. The summed E-state index contributed by atoms with van der Waals surface area (Å²) in [6, 6.07) is 23.4. The molecule has 6 heteroatoms. The fourth-order valence-electron chi connectivity index (χ4n) is 4.07. The molecule has 1 saturated heterocycles. The second-order valence-electron chi connectivity index (χ2n) is 7.51. The van der Waals surface area contributed by atoms with Crippen LogP contribution < -0.4 is 15.0 Å². The highest BCUT2D eigenvalue weighted by Crippen LogP contribution is 2.48. The van der Waals surface area contributed by atoms with Crippen LogP contribution in [0, 0.1) is 12.3 Å². The van der Waals surface area contributed by atoms with Gasteiger partial charge in [-0.25, -0.2) is 0 Å². The maximum absolute atomic E-state index is 13.8. The Hall–Kier alpha value is -3.51. The number of ether oxygens (including phenoxy) is 1. The van der Waals surface area contributed by atoms with Crippen molar-refractivity contribution in [1.82, 2.24) is 0 Å². The van der Waals surface area contributed by atoms with E-state index in [0.29, 0.717) is 17.0 Å². The molecule has 31 heavy (non-hydrogen) atoms. The lowest BCUT2D eigenvalue weighted by atomic mass is 9.93. The number of nitrogens with zero attached hydrogens (tertiary/aromatic N) is 1. The highest BCUT2D eigenvalue weighted by Gasteiger charge is 2.46. The SMILES string of the molecule is COc1ccc(C)cc1N1C(=N)/C(=C2/Nc3ccccc3S2)[C@H](c2ccccc2)C1=O. The average molecular weight is 428 g/mol. The molecule has 0 aromatic heterocycles. The Kier molecular flexibility index (Phi) is 4.79. The number of para-hydroxylation sites is 1. The summed E-state index contributed by atoms with van der Waals surface area (Å²) in [6.07, 6.45) is 0. The van der Waals surface area contributed by atoms with Gasteiger partial charge in [0.2, 0.25) is 5.91 Å². The molecule has 0 spiro atoms. The standard InChI is InChI=1S/C25H21N3O2S/c1-15-12-13-19(30-2)18(14-15)28-23(26)22(21(25(28)29)16-8-4-3-5-9-16)24-27-17-10-6-7-11-20(17)31-24/h3-14,21,26-27H,1-2H3/b24-22-,26-23?/t21-/m0/s1. The maximum atomic E-state index is 13.8. The molecule has 1 fully saturated rings. The number of thioether (sulfide) groups is 1. The van der Waals surface area contributed by atoms with Crippen molar-refractivity contribution >= 4 is 34.9 Å². The summed E-state index contributed by atoms with van der Waals surface area (Å²) in [5.41, 5.74) is 4.13. The van der Waals surface area contributed by atoms with Crippen molar-refractivity contribution < 1.29 is 9.53 Å². The lowest BCUT2D eigenvalue weighted by molar-refractivity contribution is -0.117. The van der Waals surface area contributed by atoms with E-state index in [-0.39, 0.29) is 11.7 Å². The first kappa shape index (κ1) is 19.5. The highest BCUT2D eigenvalue weighted by molar-refractivity contribution is 8.03. The van der Waals surface area contributed by atoms with Gasteiger partial charge in [-0.15, -0.1) is 0 Å². The summed E-state index contributed by atoms with van der Waals surface area (Å²) in [4.78, 5) is 16.4. The van der Waals surface area contributed by atoms with Crippen LogP contribution in [-0.4, -0.2) is 18.9 Å². The van der Waals surface area contributed by atoms with E-state index >= 15 is 0 Å². The topological polar surface area (TPSA) is 65.4 Å². The van der Waals surface area contributed by atoms with Crippen molar-refractivity contribution in [1.29, 1.82) is 5.41 Å². The molecular weight excluding hydrogens is 406 g/mol. The molecule has 0 bridgehead atoms. The van der Waals surface area contributed by atoms with Crippen molar-refractivity contribution in [2.75, 3.05) is 17.3 Å². The number of amides is 1. The number of fused-ring (bicyclic) bond motifs is 1. The van der Waals surface area contributed by atoms with Crippen molar-refractivity contribution in [2.24, 2.45) is 0 Å². The molecule has 3 aromatic carbocycles. The molecule has 3 aromatic rings. The summed E-state index contributed by atoms with van der Waals surface area (Å²) < 4.78 is 5.53. The Morgan fingerprint density at radius 1 is 1.03 bits per heavy atom. The minimum absolute atomic E-state index is 0.152. The number of carbonyl (C=O) groups is 1. The van der Waals surface area contributed by atoms with Crippen LogP contribution in [0.2, 0.25) is 0 Å². The zero-order valence-corrected chi connectivity index (χ0v) is 18.0. The predicted octanol–water partition coefficient (Wildman–Crippen LogP) is 5.54. The van der Waals surface area contributed by atoms with Gasteiger partial charge < -0.3 is 10.1 Å². The number of methoxy groups -OCH3 is 1. The van der Waals surface area contributed by atoms with Gasteiger partial charge >= 0.3 is 0 Å². The third kappa shape index (κ3) is 3.20. The largest absolute Gasteiger partial charge is 0.495 e. The van der Waals surface area contributed by atoms with Crippen LogP contribution in [0.5, 0.6) is 5.75 Å². The van der Waals surface area contributed by atoms with Gasteiger partial charge in [-0.3, -0.25) is 15.1 Å². The second-order valence-corrected chi connectivity index (χ2v) is 8.56. The summed E-state index contributed by atoms with van der Waals surface area (Å²) in [5.74, 6) is 0.0202. The average Bonchev–Trinajstić information content (AvgIpc) is 3.32. The van der Waals surface area contributed by atoms with Gasteiger partial charge in [0, 0.05) is 10.5 Å². The monoisotopic (exact) mass is 427 g/mol. The van der Waals surface area contributed by atoms with Crippen LogP contribution in [0.25, 0.3) is 0 Å². The molecule has 5 rings (SSSR count). The minimum atomic E-state index is -0.566. The van der Waals surface area contributed by atoms with Gasteiger partial charge in [0.15, 0.2) is 0 Å². The highest BCUT2D eigenvalue weighted by atomic mass is 32.2. The summed E-state index contributed by atoms with van der Waals surface area (Å²) >= 11 is 1.57. The van der Waals surface area contributed by atoms with Crippen LogP contribution in [0.3, 0.4) is 0 Å². The van der Waals surface area contributed by atoms with Gasteiger partial charge in [-0.1, -0.05) is 60.3 Å². The fraction of sp³-hybridized carbons (Fsp3) is 0.120. The molecule has 2 N–H and O–H groups in total. The number of rotatable bonds is 3. The first-order chi connectivity index (χ1) is 15.1. The van der Waals surface area contributed by atoms with E-state index in [4.69, 9.17) is 10.1 Å². The van der Waals surface area contributed by atoms with Gasteiger partial charge in [0.05, 0.1) is 29.4 Å². The van der Waals surface area contributed by atoms with Crippen molar-refractivity contribution in [3.63, 3.8) is 0 Å². The number of aryl methyl sites for hydroxylation is 1. The molecule has 0 aliphatic carbocycles. The molecule has 0 saturated carbocycles. The van der Waals surface area contributed by atoms with E-state index in [1.165, 1.54) is 4.90 Å². The Morgan fingerprint density at radius 3 is 2.52 bits per heavy atom. The van der Waals surface area contributed by atoms with Crippen LogP contribution in [0.15, 0.2) is 88.3 Å². The summed E-state index contributed by atoms with van der Waals surface area (Å²) in [6.45, 7) is 1.96. The van der Waals surface area contributed by atoms with Gasteiger partial charge in [0.1, 0.15) is 11.6 Å². The number of nitrogens with one attached hydrogen (secondary N) is 2. The van der Waals surface area contributed by atoms with E-state index in [1.807, 2.05) is 79.7 Å². The lowest BCUT2D eigenvalue weighted by Gasteiger charge is -2.20.